The van der Waals surface area contributed by atoms with E-state index < -0.39 is 0 Å². The zero-order valence-corrected chi connectivity index (χ0v) is 11.0. The fourth-order valence-corrected chi connectivity index (χ4v) is 2.33. The van der Waals surface area contributed by atoms with Gasteiger partial charge < -0.3 is 10.1 Å². The van der Waals surface area contributed by atoms with Crippen molar-refractivity contribution in [2.45, 2.75) is 32.6 Å². The molecule has 1 aliphatic rings. The van der Waals surface area contributed by atoms with E-state index in [9.17, 15) is 0 Å². The first-order chi connectivity index (χ1) is 8.19. The van der Waals surface area contributed by atoms with Crippen molar-refractivity contribution in [3.63, 3.8) is 0 Å². The normalized spacial score (nSPS) is 17.4. The minimum atomic E-state index is 0.344. The predicted octanol–water partition coefficient (Wildman–Crippen LogP) is 3.13. The van der Waals surface area contributed by atoms with Crippen molar-refractivity contribution in [2.75, 3.05) is 19.0 Å². The van der Waals surface area contributed by atoms with Gasteiger partial charge in [0.25, 0.3) is 0 Å². The van der Waals surface area contributed by atoms with E-state index in [1.807, 2.05) is 0 Å². The summed E-state index contributed by atoms with van der Waals surface area (Å²) in [6, 6.07) is 0.344. The predicted molar refractivity (Wildman–Crippen MR) is 68.7 cm³/mol. The van der Waals surface area contributed by atoms with E-state index in [0.29, 0.717) is 22.3 Å². The molecule has 0 unspecified atom stereocenters. The molecule has 0 amide bonds. The van der Waals surface area contributed by atoms with Crippen LogP contribution >= 0.6 is 11.6 Å². The Morgan fingerprint density at radius 2 is 2.29 bits per heavy atom. The zero-order valence-electron chi connectivity index (χ0n) is 10.3. The molecule has 0 radical (unpaired) electrons. The number of ether oxygens (including phenoxy) is 1. The van der Waals surface area contributed by atoms with Crippen molar-refractivity contribution in [3.8, 4) is 6.01 Å². The zero-order chi connectivity index (χ0) is 12.3. The van der Waals surface area contributed by atoms with Crippen LogP contribution in [0.3, 0.4) is 0 Å². The van der Waals surface area contributed by atoms with Crippen LogP contribution in [0.5, 0.6) is 6.01 Å². The number of hydrogen-bond acceptors (Lipinski definition) is 4. The van der Waals surface area contributed by atoms with Gasteiger partial charge >= 0.3 is 6.01 Å². The Kier molecular flexibility index (Phi) is 3.72. The van der Waals surface area contributed by atoms with Crippen LogP contribution in [-0.2, 0) is 0 Å². The van der Waals surface area contributed by atoms with E-state index in [1.54, 1.807) is 13.3 Å². The van der Waals surface area contributed by atoms with Gasteiger partial charge in [0.05, 0.1) is 13.3 Å². The first-order valence-electron chi connectivity index (χ1n) is 5.99. The van der Waals surface area contributed by atoms with Crippen LogP contribution in [0.25, 0.3) is 0 Å². The van der Waals surface area contributed by atoms with E-state index in [0.717, 1.165) is 6.54 Å². The second-order valence-electron chi connectivity index (χ2n) is 4.61. The van der Waals surface area contributed by atoms with Gasteiger partial charge in [0.2, 0.25) is 0 Å². The highest BCUT2D eigenvalue weighted by atomic mass is 35.5. The monoisotopic (exact) mass is 255 g/mol. The average molecular weight is 256 g/mol. The maximum atomic E-state index is 6.04. The molecule has 4 nitrogen and oxygen atoms in total. The third kappa shape index (κ3) is 2.63. The summed E-state index contributed by atoms with van der Waals surface area (Å²) < 4.78 is 4.99. The fraction of sp³-hybridized carbons (Fsp3) is 0.667. The maximum absolute atomic E-state index is 6.04. The summed E-state index contributed by atoms with van der Waals surface area (Å²) in [4.78, 5) is 8.16. The number of hydrogen-bond donors (Lipinski definition) is 1. The van der Waals surface area contributed by atoms with Crippen molar-refractivity contribution in [1.29, 1.82) is 0 Å². The summed E-state index contributed by atoms with van der Waals surface area (Å²) in [5.74, 6) is 0.665. The van der Waals surface area contributed by atoms with Crippen molar-refractivity contribution in [1.82, 2.24) is 9.97 Å². The Balaban J connectivity index is 2.02. The lowest BCUT2D eigenvalue weighted by Gasteiger charge is -2.41. The molecule has 0 bridgehead atoms. The molecule has 0 atom stereocenters. The van der Waals surface area contributed by atoms with Crippen molar-refractivity contribution in [2.24, 2.45) is 5.41 Å². The van der Waals surface area contributed by atoms with Gasteiger partial charge in [0, 0.05) is 6.54 Å². The summed E-state index contributed by atoms with van der Waals surface area (Å²) in [6.07, 6.45) is 6.66. The smallest absolute Gasteiger partial charge is 0.318 e. The number of anilines is 1. The summed E-state index contributed by atoms with van der Waals surface area (Å²) in [7, 11) is 1.55. The Morgan fingerprint density at radius 3 is 2.82 bits per heavy atom. The van der Waals surface area contributed by atoms with Gasteiger partial charge in [-0.25, -0.2) is 4.98 Å². The van der Waals surface area contributed by atoms with Crippen LogP contribution < -0.4 is 10.1 Å². The molecule has 2 rings (SSSR count). The van der Waals surface area contributed by atoms with Gasteiger partial charge in [0.1, 0.15) is 5.02 Å². The molecule has 17 heavy (non-hydrogen) atoms. The van der Waals surface area contributed by atoms with E-state index in [1.165, 1.54) is 25.7 Å². The largest absolute Gasteiger partial charge is 0.467 e. The van der Waals surface area contributed by atoms with Crippen molar-refractivity contribution < 1.29 is 4.74 Å². The van der Waals surface area contributed by atoms with Crippen LogP contribution in [0.4, 0.5) is 5.82 Å². The van der Waals surface area contributed by atoms with Gasteiger partial charge in [-0.1, -0.05) is 24.9 Å². The van der Waals surface area contributed by atoms with E-state index in [2.05, 4.69) is 22.2 Å². The van der Waals surface area contributed by atoms with E-state index in [4.69, 9.17) is 16.3 Å². The number of halogens is 1. The van der Waals surface area contributed by atoms with Crippen molar-refractivity contribution >= 4 is 17.4 Å². The molecule has 0 saturated heterocycles. The Hall–Kier alpha value is -1.03. The Bertz CT molecular complexity index is 388. The molecule has 1 aromatic heterocycles. The quantitative estimate of drug-likeness (QED) is 0.878. The first-order valence-corrected chi connectivity index (χ1v) is 6.37. The SMILES string of the molecule is CCC1(CNc2nc(OC)ncc2Cl)CCC1. The molecule has 1 N–H and O–H groups in total. The van der Waals surface area contributed by atoms with Gasteiger partial charge in [0.15, 0.2) is 5.82 Å². The molecule has 1 fully saturated rings. The molecular formula is C12H18ClN3O. The number of nitrogens with zero attached hydrogens (tertiary/aromatic N) is 2. The first kappa shape index (κ1) is 12.4. The highest BCUT2D eigenvalue weighted by molar-refractivity contribution is 6.32. The van der Waals surface area contributed by atoms with E-state index in [-0.39, 0.29) is 0 Å². The maximum Gasteiger partial charge on any atom is 0.318 e. The van der Waals surface area contributed by atoms with E-state index >= 15 is 0 Å². The highest BCUT2D eigenvalue weighted by Crippen LogP contribution is 2.43. The van der Waals surface area contributed by atoms with Crippen LogP contribution in [0.15, 0.2) is 6.20 Å². The summed E-state index contributed by atoms with van der Waals surface area (Å²) >= 11 is 6.04. The standard InChI is InChI=1S/C12H18ClN3O/c1-3-12(5-4-6-12)8-15-10-9(13)7-14-11(16-10)17-2/h7H,3-6,8H2,1-2H3,(H,14,15,16). The molecule has 0 aromatic carbocycles. The lowest BCUT2D eigenvalue weighted by molar-refractivity contribution is 0.145. The minimum absolute atomic E-state index is 0.344. The fourth-order valence-electron chi connectivity index (χ4n) is 2.18. The minimum Gasteiger partial charge on any atom is -0.467 e. The lowest BCUT2D eigenvalue weighted by Crippen LogP contribution is -2.36. The van der Waals surface area contributed by atoms with Crippen LogP contribution in [0.1, 0.15) is 32.6 Å². The average Bonchev–Trinajstić information content (AvgIpc) is 2.30. The number of methoxy groups -OCH3 is 1. The summed E-state index contributed by atoms with van der Waals surface area (Å²) in [5.41, 5.74) is 0.432. The third-order valence-corrected chi connectivity index (χ3v) is 3.98. The van der Waals surface area contributed by atoms with Gasteiger partial charge in [-0.3, -0.25) is 0 Å². The summed E-state index contributed by atoms with van der Waals surface area (Å²) in [6.45, 7) is 3.16. The molecule has 1 aromatic rings. The molecular weight excluding hydrogens is 238 g/mol. The molecule has 1 aliphatic carbocycles. The number of aromatic nitrogens is 2. The van der Waals surface area contributed by atoms with Gasteiger partial charge in [-0.05, 0) is 24.7 Å². The van der Waals surface area contributed by atoms with Crippen LogP contribution in [0, 0.1) is 5.41 Å². The second-order valence-corrected chi connectivity index (χ2v) is 5.02. The molecule has 5 heteroatoms. The van der Waals surface area contributed by atoms with Gasteiger partial charge in [-0.15, -0.1) is 0 Å². The van der Waals surface area contributed by atoms with Crippen LogP contribution in [0.2, 0.25) is 5.02 Å². The second kappa shape index (κ2) is 5.08. The number of nitrogens with one attached hydrogen (secondary N) is 1. The topological polar surface area (TPSA) is 47.0 Å². The van der Waals surface area contributed by atoms with Gasteiger partial charge in [-0.2, -0.15) is 4.98 Å². The van der Waals surface area contributed by atoms with Crippen LogP contribution in [-0.4, -0.2) is 23.6 Å². The van der Waals surface area contributed by atoms with Crippen molar-refractivity contribution in [3.05, 3.63) is 11.2 Å². The lowest BCUT2D eigenvalue weighted by atomic mass is 9.67. The Morgan fingerprint density at radius 1 is 1.53 bits per heavy atom. The number of rotatable bonds is 5. The molecule has 94 valence electrons. The third-order valence-electron chi connectivity index (χ3n) is 3.70. The molecule has 1 heterocycles. The molecule has 0 spiro atoms. The molecule has 0 aliphatic heterocycles. The summed E-state index contributed by atoms with van der Waals surface area (Å²) in [5, 5.41) is 3.86. The molecule has 1 saturated carbocycles. The highest BCUT2D eigenvalue weighted by Gasteiger charge is 2.34. The Labute approximate surface area is 107 Å².